The van der Waals surface area contributed by atoms with Crippen molar-refractivity contribution in [2.75, 3.05) is 7.11 Å². The molecule has 20 heavy (non-hydrogen) atoms. The summed E-state index contributed by atoms with van der Waals surface area (Å²) in [6.45, 7) is -0.586. The quantitative estimate of drug-likeness (QED) is 0.683. The van der Waals surface area contributed by atoms with Crippen LogP contribution in [0, 0.1) is 0 Å². The standard InChI is InChI=1S/C11H11F5N2O2/c1-20-8(19)3-5-2-7(10(12)13)18-9(6(5)4-17)11(14,15)16/h2,10H,3-4,17H2,1H3. The zero-order chi connectivity index (χ0) is 15.5. The second-order valence-corrected chi connectivity index (χ2v) is 3.79. The van der Waals surface area contributed by atoms with Crippen LogP contribution >= 0.6 is 0 Å². The molecule has 0 radical (unpaired) electrons. The van der Waals surface area contributed by atoms with Crippen molar-refractivity contribution in [1.82, 2.24) is 4.98 Å². The maximum absolute atomic E-state index is 12.8. The van der Waals surface area contributed by atoms with Gasteiger partial charge in [0.05, 0.1) is 13.5 Å². The van der Waals surface area contributed by atoms with Crippen LogP contribution in [0.3, 0.4) is 0 Å². The second kappa shape index (κ2) is 6.12. The number of hydrogen-bond acceptors (Lipinski definition) is 4. The second-order valence-electron chi connectivity index (χ2n) is 3.79. The Morgan fingerprint density at radius 1 is 1.45 bits per heavy atom. The van der Waals surface area contributed by atoms with Gasteiger partial charge in [-0.05, 0) is 11.6 Å². The molecule has 1 aromatic rings. The number of pyridine rings is 1. The maximum atomic E-state index is 12.8. The summed E-state index contributed by atoms with van der Waals surface area (Å²) < 4.78 is 67.9. The van der Waals surface area contributed by atoms with Gasteiger partial charge < -0.3 is 10.5 Å². The molecule has 9 heteroatoms. The fraction of sp³-hybridized carbons (Fsp3) is 0.455. The minimum atomic E-state index is -4.94. The van der Waals surface area contributed by atoms with Gasteiger partial charge in [-0.25, -0.2) is 13.8 Å². The molecule has 0 saturated carbocycles. The van der Waals surface area contributed by atoms with Gasteiger partial charge in [0, 0.05) is 12.1 Å². The van der Waals surface area contributed by atoms with E-state index < -0.39 is 48.5 Å². The number of methoxy groups -OCH3 is 1. The molecule has 0 saturated heterocycles. The lowest BCUT2D eigenvalue weighted by molar-refractivity contribution is -0.143. The molecule has 0 fully saturated rings. The van der Waals surface area contributed by atoms with Crippen molar-refractivity contribution in [1.29, 1.82) is 0 Å². The molecule has 0 amide bonds. The van der Waals surface area contributed by atoms with Gasteiger partial charge in [-0.2, -0.15) is 13.2 Å². The summed E-state index contributed by atoms with van der Waals surface area (Å²) in [5.74, 6) is -0.862. The van der Waals surface area contributed by atoms with Gasteiger partial charge in [-0.15, -0.1) is 0 Å². The number of esters is 1. The summed E-state index contributed by atoms with van der Waals surface area (Å²) in [7, 11) is 1.03. The summed E-state index contributed by atoms with van der Waals surface area (Å²) >= 11 is 0. The molecular formula is C11H11F5N2O2. The smallest absolute Gasteiger partial charge is 0.433 e. The summed E-state index contributed by atoms with van der Waals surface area (Å²) in [4.78, 5) is 14.0. The van der Waals surface area contributed by atoms with E-state index >= 15 is 0 Å². The minimum absolute atomic E-state index is 0.267. The van der Waals surface area contributed by atoms with Crippen LogP contribution in [0.1, 0.15) is 28.9 Å². The van der Waals surface area contributed by atoms with Crippen molar-refractivity contribution in [3.63, 3.8) is 0 Å². The third kappa shape index (κ3) is 3.62. The maximum Gasteiger partial charge on any atom is 0.433 e. The zero-order valence-electron chi connectivity index (χ0n) is 10.3. The molecule has 112 valence electrons. The molecule has 4 nitrogen and oxygen atoms in total. The highest BCUT2D eigenvalue weighted by atomic mass is 19.4. The third-order valence-electron chi connectivity index (χ3n) is 2.50. The van der Waals surface area contributed by atoms with Gasteiger partial charge in [0.25, 0.3) is 6.43 Å². The molecule has 0 aromatic carbocycles. The number of halogens is 5. The SMILES string of the molecule is COC(=O)Cc1cc(C(F)F)nc(C(F)(F)F)c1CN. The molecule has 0 bridgehead atoms. The predicted octanol–water partition coefficient (Wildman–Crippen LogP) is 2.21. The van der Waals surface area contributed by atoms with Crippen molar-refractivity contribution < 1.29 is 31.5 Å². The molecule has 0 unspecified atom stereocenters. The molecule has 0 aliphatic carbocycles. The van der Waals surface area contributed by atoms with Crippen molar-refractivity contribution in [2.24, 2.45) is 5.73 Å². The first-order valence-electron chi connectivity index (χ1n) is 5.35. The molecule has 0 spiro atoms. The Kier molecular flexibility index (Phi) is 4.98. The van der Waals surface area contributed by atoms with E-state index in [1.54, 1.807) is 0 Å². The van der Waals surface area contributed by atoms with Gasteiger partial charge >= 0.3 is 12.1 Å². The first-order valence-corrected chi connectivity index (χ1v) is 5.35. The van der Waals surface area contributed by atoms with Gasteiger partial charge in [0.1, 0.15) is 11.4 Å². The molecule has 1 rings (SSSR count). The van der Waals surface area contributed by atoms with Gasteiger partial charge in [-0.3, -0.25) is 4.79 Å². The van der Waals surface area contributed by atoms with Crippen molar-refractivity contribution in [2.45, 2.75) is 25.6 Å². The highest BCUT2D eigenvalue weighted by molar-refractivity contribution is 5.73. The molecule has 0 atom stereocenters. The fourth-order valence-electron chi connectivity index (χ4n) is 1.61. The first-order chi connectivity index (χ1) is 9.20. The van der Waals surface area contributed by atoms with Crippen molar-refractivity contribution in [3.8, 4) is 0 Å². The topological polar surface area (TPSA) is 65.2 Å². The highest BCUT2D eigenvalue weighted by Gasteiger charge is 2.37. The van der Waals surface area contributed by atoms with Crippen LogP contribution in [-0.4, -0.2) is 18.1 Å². The van der Waals surface area contributed by atoms with Crippen LogP contribution < -0.4 is 5.73 Å². The normalized spacial score (nSPS) is 11.8. The number of carbonyl (C=O) groups is 1. The minimum Gasteiger partial charge on any atom is -0.469 e. The zero-order valence-corrected chi connectivity index (χ0v) is 10.3. The average Bonchev–Trinajstić information content (AvgIpc) is 2.36. The number of carbonyl (C=O) groups excluding carboxylic acids is 1. The predicted molar refractivity (Wildman–Crippen MR) is 57.8 cm³/mol. The van der Waals surface area contributed by atoms with Crippen LogP contribution in [0.15, 0.2) is 6.07 Å². The van der Waals surface area contributed by atoms with Crippen molar-refractivity contribution in [3.05, 3.63) is 28.6 Å². The molecule has 2 N–H and O–H groups in total. The Morgan fingerprint density at radius 3 is 2.45 bits per heavy atom. The third-order valence-corrected chi connectivity index (χ3v) is 2.50. The first kappa shape index (κ1) is 16.3. The van der Waals surface area contributed by atoms with Crippen LogP contribution in [0.25, 0.3) is 0 Å². The Balaban J connectivity index is 3.46. The number of nitrogens with two attached hydrogens (primary N) is 1. The summed E-state index contributed by atoms with van der Waals surface area (Å²) in [6.07, 6.45) is -8.72. The van der Waals surface area contributed by atoms with Gasteiger partial charge in [0.15, 0.2) is 0 Å². The number of nitrogens with zero attached hydrogens (tertiary/aromatic N) is 1. The summed E-state index contributed by atoms with van der Waals surface area (Å²) in [5, 5.41) is 0. The average molecular weight is 298 g/mol. The Labute approximate surface area is 110 Å². The molecule has 0 aliphatic heterocycles. The number of aromatic nitrogens is 1. The lowest BCUT2D eigenvalue weighted by Gasteiger charge is -2.16. The van der Waals surface area contributed by atoms with Gasteiger partial charge in [-0.1, -0.05) is 0 Å². The highest BCUT2D eigenvalue weighted by Crippen LogP contribution is 2.34. The number of alkyl halides is 5. The summed E-state index contributed by atoms with van der Waals surface area (Å²) in [5.41, 5.74) is 1.89. The number of ether oxygens (including phenoxy) is 1. The van der Waals surface area contributed by atoms with E-state index in [9.17, 15) is 26.7 Å². The van der Waals surface area contributed by atoms with Crippen LogP contribution in [-0.2, 0) is 28.7 Å². The van der Waals surface area contributed by atoms with E-state index in [0.29, 0.717) is 0 Å². The Hall–Kier alpha value is -1.77. The fourth-order valence-corrected chi connectivity index (χ4v) is 1.61. The largest absolute Gasteiger partial charge is 0.469 e. The van der Waals surface area contributed by atoms with Crippen molar-refractivity contribution >= 4 is 5.97 Å². The molecular weight excluding hydrogens is 287 g/mol. The summed E-state index contributed by atoms with van der Waals surface area (Å²) in [6, 6.07) is 0.735. The van der Waals surface area contributed by atoms with E-state index in [1.807, 2.05) is 0 Å². The van der Waals surface area contributed by atoms with E-state index in [0.717, 1.165) is 13.2 Å². The molecule has 1 aromatic heterocycles. The van der Waals surface area contributed by atoms with Crippen LogP contribution in [0.5, 0.6) is 0 Å². The van der Waals surface area contributed by atoms with Crippen LogP contribution in [0.4, 0.5) is 22.0 Å². The lowest BCUT2D eigenvalue weighted by atomic mass is 10.0. The monoisotopic (exact) mass is 298 g/mol. The Morgan fingerprint density at radius 2 is 2.05 bits per heavy atom. The molecule has 1 heterocycles. The van der Waals surface area contributed by atoms with E-state index in [4.69, 9.17) is 5.73 Å². The number of rotatable bonds is 4. The molecule has 0 aliphatic rings. The van der Waals surface area contributed by atoms with E-state index in [-0.39, 0.29) is 5.56 Å². The number of hydrogen-bond donors (Lipinski definition) is 1. The Bertz CT molecular complexity index is 502. The van der Waals surface area contributed by atoms with E-state index in [1.165, 1.54) is 0 Å². The van der Waals surface area contributed by atoms with E-state index in [2.05, 4.69) is 9.72 Å². The van der Waals surface area contributed by atoms with Crippen LogP contribution in [0.2, 0.25) is 0 Å². The van der Waals surface area contributed by atoms with Gasteiger partial charge in [0.2, 0.25) is 0 Å². The lowest BCUT2D eigenvalue weighted by Crippen LogP contribution is -2.20.